The summed E-state index contributed by atoms with van der Waals surface area (Å²) in [6.45, 7) is 2.85. The Labute approximate surface area is 119 Å². The van der Waals surface area contributed by atoms with E-state index in [2.05, 4.69) is 27.4 Å². The highest BCUT2D eigenvalue weighted by molar-refractivity contribution is 5.54. The first-order valence-electron chi connectivity index (χ1n) is 6.70. The molecule has 5 heteroatoms. The van der Waals surface area contributed by atoms with E-state index in [0.717, 1.165) is 36.5 Å². The molecule has 0 aliphatic rings. The summed E-state index contributed by atoms with van der Waals surface area (Å²) in [7, 11) is 1.67. The number of methoxy groups -OCH3 is 1. The maximum Gasteiger partial charge on any atom is 0.134 e. The third kappa shape index (κ3) is 3.38. The van der Waals surface area contributed by atoms with Crippen molar-refractivity contribution in [1.82, 2.24) is 9.97 Å². The first-order valence-corrected chi connectivity index (χ1v) is 6.70. The average Bonchev–Trinajstić information content (AvgIpc) is 2.48. The average molecular weight is 272 g/mol. The van der Waals surface area contributed by atoms with E-state index in [1.54, 1.807) is 7.11 Å². The summed E-state index contributed by atoms with van der Waals surface area (Å²) in [6.07, 6.45) is 3.22. The summed E-state index contributed by atoms with van der Waals surface area (Å²) in [4.78, 5) is 8.26. The standard InChI is InChI=1S/C15H20N4O/c1-3-13-14(16)18-10-19-15(13)17-9-8-11-4-6-12(20-2)7-5-11/h4-7,10H,3,8-9H2,1-2H3,(H3,16,17,18,19). The second-order valence-corrected chi connectivity index (χ2v) is 4.46. The Morgan fingerprint density at radius 1 is 1.20 bits per heavy atom. The third-order valence-corrected chi connectivity index (χ3v) is 3.20. The van der Waals surface area contributed by atoms with Crippen LogP contribution >= 0.6 is 0 Å². The first kappa shape index (κ1) is 14.1. The SMILES string of the molecule is CCc1c(N)ncnc1NCCc1ccc(OC)cc1. The molecule has 0 spiro atoms. The van der Waals surface area contributed by atoms with Crippen molar-refractivity contribution in [3.8, 4) is 5.75 Å². The van der Waals surface area contributed by atoms with Crippen molar-refractivity contribution in [2.45, 2.75) is 19.8 Å². The normalized spacial score (nSPS) is 10.3. The van der Waals surface area contributed by atoms with Crippen molar-refractivity contribution < 1.29 is 4.74 Å². The highest BCUT2D eigenvalue weighted by Crippen LogP contribution is 2.17. The third-order valence-electron chi connectivity index (χ3n) is 3.20. The lowest BCUT2D eigenvalue weighted by atomic mass is 10.1. The van der Waals surface area contributed by atoms with Gasteiger partial charge in [0, 0.05) is 12.1 Å². The largest absolute Gasteiger partial charge is 0.497 e. The second kappa shape index (κ2) is 6.75. The monoisotopic (exact) mass is 272 g/mol. The second-order valence-electron chi connectivity index (χ2n) is 4.46. The van der Waals surface area contributed by atoms with Crippen LogP contribution in [0.5, 0.6) is 5.75 Å². The number of nitrogens with one attached hydrogen (secondary N) is 1. The van der Waals surface area contributed by atoms with E-state index < -0.39 is 0 Å². The number of nitrogens with zero attached hydrogens (tertiary/aromatic N) is 2. The summed E-state index contributed by atoms with van der Waals surface area (Å²) in [5, 5.41) is 3.32. The van der Waals surface area contributed by atoms with Gasteiger partial charge in [-0.15, -0.1) is 0 Å². The predicted molar refractivity (Wildman–Crippen MR) is 81.0 cm³/mol. The number of aromatic nitrogens is 2. The number of hydrogen-bond acceptors (Lipinski definition) is 5. The van der Waals surface area contributed by atoms with Crippen LogP contribution < -0.4 is 15.8 Å². The molecule has 1 aromatic heterocycles. The van der Waals surface area contributed by atoms with E-state index in [1.165, 1.54) is 11.9 Å². The summed E-state index contributed by atoms with van der Waals surface area (Å²) in [5.41, 5.74) is 8.06. The van der Waals surface area contributed by atoms with Gasteiger partial charge in [-0.1, -0.05) is 19.1 Å². The number of nitrogen functional groups attached to an aromatic ring is 1. The van der Waals surface area contributed by atoms with Gasteiger partial charge in [-0.3, -0.25) is 0 Å². The highest BCUT2D eigenvalue weighted by Gasteiger charge is 2.06. The topological polar surface area (TPSA) is 73.1 Å². The summed E-state index contributed by atoms with van der Waals surface area (Å²) >= 11 is 0. The van der Waals surface area contributed by atoms with Gasteiger partial charge in [-0.2, -0.15) is 0 Å². The van der Waals surface area contributed by atoms with E-state index >= 15 is 0 Å². The Kier molecular flexibility index (Phi) is 4.76. The van der Waals surface area contributed by atoms with Crippen molar-refractivity contribution in [2.75, 3.05) is 24.7 Å². The van der Waals surface area contributed by atoms with Crippen molar-refractivity contribution in [3.05, 3.63) is 41.7 Å². The number of anilines is 2. The molecular formula is C15H20N4O. The molecule has 0 bridgehead atoms. The lowest BCUT2D eigenvalue weighted by Gasteiger charge is -2.11. The quantitative estimate of drug-likeness (QED) is 0.844. The van der Waals surface area contributed by atoms with Crippen molar-refractivity contribution in [1.29, 1.82) is 0 Å². The fourth-order valence-electron chi connectivity index (χ4n) is 2.04. The molecular weight excluding hydrogens is 252 g/mol. The smallest absolute Gasteiger partial charge is 0.134 e. The maximum atomic E-state index is 5.84. The Morgan fingerprint density at radius 2 is 1.95 bits per heavy atom. The molecule has 1 heterocycles. The van der Waals surface area contributed by atoms with Crippen LogP contribution in [0.1, 0.15) is 18.1 Å². The summed E-state index contributed by atoms with van der Waals surface area (Å²) in [5.74, 6) is 2.25. The van der Waals surface area contributed by atoms with Crippen molar-refractivity contribution in [3.63, 3.8) is 0 Å². The molecule has 106 valence electrons. The minimum atomic E-state index is 0.550. The van der Waals surface area contributed by atoms with Crippen LogP contribution in [0.3, 0.4) is 0 Å². The zero-order chi connectivity index (χ0) is 14.4. The Bertz CT molecular complexity index is 554. The van der Waals surface area contributed by atoms with Gasteiger partial charge in [0.25, 0.3) is 0 Å². The summed E-state index contributed by atoms with van der Waals surface area (Å²) in [6, 6.07) is 8.07. The van der Waals surface area contributed by atoms with Gasteiger partial charge < -0.3 is 15.8 Å². The Balaban J connectivity index is 1.94. The molecule has 2 aromatic rings. The molecule has 0 aliphatic carbocycles. The van der Waals surface area contributed by atoms with Gasteiger partial charge in [0.1, 0.15) is 23.7 Å². The highest BCUT2D eigenvalue weighted by atomic mass is 16.5. The van der Waals surface area contributed by atoms with E-state index in [4.69, 9.17) is 10.5 Å². The molecule has 1 aromatic carbocycles. The fourth-order valence-corrected chi connectivity index (χ4v) is 2.04. The molecule has 0 unspecified atom stereocenters. The molecule has 3 N–H and O–H groups in total. The van der Waals surface area contributed by atoms with Crippen LogP contribution in [0.4, 0.5) is 11.6 Å². The van der Waals surface area contributed by atoms with Gasteiger partial charge in [0.15, 0.2) is 0 Å². The molecule has 0 amide bonds. The molecule has 5 nitrogen and oxygen atoms in total. The van der Waals surface area contributed by atoms with Crippen LogP contribution in [0.25, 0.3) is 0 Å². The summed E-state index contributed by atoms with van der Waals surface area (Å²) < 4.78 is 5.14. The van der Waals surface area contributed by atoms with Crippen LogP contribution in [0, 0.1) is 0 Å². The van der Waals surface area contributed by atoms with Crippen LogP contribution in [-0.4, -0.2) is 23.6 Å². The van der Waals surface area contributed by atoms with Crippen LogP contribution in [0.15, 0.2) is 30.6 Å². The molecule has 0 fully saturated rings. The van der Waals surface area contributed by atoms with E-state index in [1.807, 2.05) is 19.1 Å². The van der Waals surface area contributed by atoms with E-state index in [0.29, 0.717) is 5.82 Å². The van der Waals surface area contributed by atoms with Crippen molar-refractivity contribution in [2.24, 2.45) is 0 Å². The number of nitrogens with two attached hydrogens (primary N) is 1. The molecule has 0 saturated carbocycles. The maximum absolute atomic E-state index is 5.84. The lowest BCUT2D eigenvalue weighted by Crippen LogP contribution is -2.10. The van der Waals surface area contributed by atoms with Gasteiger partial charge >= 0.3 is 0 Å². The minimum Gasteiger partial charge on any atom is -0.497 e. The number of hydrogen-bond donors (Lipinski definition) is 2. The molecule has 0 radical (unpaired) electrons. The molecule has 0 saturated heterocycles. The van der Waals surface area contributed by atoms with Crippen molar-refractivity contribution >= 4 is 11.6 Å². The minimum absolute atomic E-state index is 0.550. The van der Waals surface area contributed by atoms with E-state index in [9.17, 15) is 0 Å². The molecule has 2 rings (SSSR count). The number of ether oxygens (including phenoxy) is 1. The van der Waals surface area contributed by atoms with Crippen LogP contribution in [0.2, 0.25) is 0 Å². The van der Waals surface area contributed by atoms with Gasteiger partial charge in [-0.25, -0.2) is 9.97 Å². The lowest BCUT2D eigenvalue weighted by molar-refractivity contribution is 0.414. The van der Waals surface area contributed by atoms with Crippen LogP contribution in [-0.2, 0) is 12.8 Å². The Hall–Kier alpha value is -2.30. The number of benzene rings is 1. The van der Waals surface area contributed by atoms with Gasteiger partial charge in [0.05, 0.1) is 7.11 Å². The van der Waals surface area contributed by atoms with E-state index in [-0.39, 0.29) is 0 Å². The fraction of sp³-hybridized carbons (Fsp3) is 0.333. The molecule has 20 heavy (non-hydrogen) atoms. The zero-order valence-corrected chi connectivity index (χ0v) is 11.9. The molecule has 0 aliphatic heterocycles. The molecule has 0 atom stereocenters. The number of rotatable bonds is 6. The predicted octanol–water partition coefficient (Wildman–Crippen LogP) is 2.28. The zero-order valence-electron chi connectivity index (χ0n) is 11.9. The van der Waals surface area contributed by atoms with Gasteiger partial charge in [-0.05, 0) is 30.5 Å². The first-order chi connectivity index (χ1) is 9.74. The van der Waals surface area contributed by atoms with Gasteiger partial charge in [0.2, 0.25) is 0 Å². The Morgan fingerprint density at radius 3 is 2.60 bits per heavy atom.